The van der Waals surface area contributed by atoms with E-state index in [0.717, 1.165) is 35.6 Å². The van der Waals surface area contributed by atoms with Crippen LogP contribution >= 0.6 is 0 Å². The van der Waals surface area contributed by atoms with Crippen molar-refractivity contribution in [3.63, 3.8) is 0 Å². The van der Waals surface area contributed by atoms with Crippen LogP contribution in [0.15, 0.2) is 12.3 Å². The fourth-order valence-corrected chi connectivity index (χ4v) is 3.89. The molecule has 0 saturated heterocycles. The topological polar surface area (TPSA) is 75.6 Å². The SMILES string of the molecule is Cc1n[nH]c(C)c1C(C)CC(=O)Nc1ccnn1C1CCCCC1. The van der Waals surface area contributed by atoms with Crippen LogP contribution in [0.1, 0.15) is 74.4 Å². The molecule has 0 spiro atoms. The maximum atomic E-state index is 12.5. The van der Waals surface area contributed by atoms with Crippen LogP contribution in [0.3, 0.4) is 0 Å². The highest BCUT2D eigenvalue weighted by Gasteiger charge is 2.21. The van der Waals surface area contributed by atoms with Gasteiger partial charge in [0.05, 0.1) is 17.9 Å². The van der Waals surface area contributed by atoms with Gasteiger partial charge in [-0.15, -0.1) is 0 Å². The van der Waals surface area contributed by atoms with Crippen molar-refractivity contribution in [2.75, 3.05) is 5.32 Å². The Morgan fingerprint density at radius 1 is 1.38 bits per heavy atom. The molecule has 2 N–H and O–H groups in total. The summed E-state index contributed by atoms with van der Waals surface area (Å²) in [6, 6.07) is 2.31. The third-order valence-electron chi connectivity index (χ3n) is 5.03. The lowest BCUT2D eigenvalue weighted by atomic mass is 9.95. The smallest absolute Gasteiger partial charge is 0.226 e. The van der Waals surface area contributed by atoms with Gasteiger partial charge in [0.15, 0.2) is 0 Å². The monoisotopic (exact) mass is 329 g/mol. The number of aromatic amines is 1. The minimum Gasteiger partial charge on any atom is -0.311 e. The second-order valence-electron chi connectivity index (χ2n) is 6.95. The van der Waals surface area contributed by atoms with Crippen LogP contribution in [0.2, 0.25) is 0 Å². The number of hydrogen-bond acceptors (Lipinski definition) is 3. The van der Waals surface area contributed by atoms with E-state index in [2.05, 4.69) is 27.5 Å². The minimum atomic E-state index is 0.0278. The van der Waals surface area contributed by atoms with Crippen LogP contribution in [-0.4, -0.2) is 25.9 Å². The molecule has 0 aromatic carbocycles. The summed E-state index contributed by atoms with van der Waals surface area (Å²) in [5.41, 5.74) is 3.16. The van der Waals surface area contributed by atoms with Crippen LogP contribution in [0.5, 0.6) is 0 Å². The van der Waals surface area contributed by atoms with Gasteiger partial charge in [-0.2, -0.15) is 10.2 Å². The standard InChI is InChI=1S/C18H27N5O/c1-12(18-13(2)21-22-14(18)3)11-17(24)20-16-9-10-19-23(16)15-7-5-4-6-8-15/h9-10,12,15H,4-8,11H2,1-3H3,(H,20,24)(H,21,22). The normalized spacial score (nSPS) is 17.0. The van der Waals surface area contributed by atoms with Crippen LogP contribution in [0.4, 0.5) is 5.82 Å². The lowest BCUT2D eigenvalue weighted by Crippen LogP contribution is -2.21. The summed E-state index contributed by atoms with van der Waals surface area (Å²) < 4.78 is 2.00. The van der Waals surface area contributed by atoms with Gasteiger partial charge in [-0.05, 0) is 38.2 Å². The first-order valence-electron chi connectivity index (χ1n) is 8.91. The highest BCUT2D eigenvalue weighted by Crippen LogP contribution is 2.30. The van der Waals surface area contributed by atoms with Crippen molar-refractivity contribution >= 4 is 11.7 Å². The molecule has 0 aliphatic heterocycles. The van der Waals surface area contributed by atoms with Crippen molar-refractivity contribution in [3.05, 3.63) is 29.2 Å². The molecular formula is C18H27N5O. The molecule has 24 heavy (non-hydrogen) atoms. The van der Waals surface area contributed by atoms with Gasteiger partial charge < -0.3 is 5.32 Å². The quantitative estimate of drug-likeness (QED) is 0.874. The fraction of sp³-hybridized carbons (Fsp3) is 0.611. The summed E-state index contributed by atoms with van der Waals surface area (Å²) in [5.74, 6) is 0.981. The predicted octanol–water partition coefficient (Wildman–Crippen LogP) is 3.86. The molecule has 3 rings (SSSR count). The average Bonchev–Trinajstić information content (AvgIpc) is 3.14. The lowest BCUT2D eigenvalue weighted by Gasteiger charge is -2.24. The molecule has 6 heteroatoms. The molecule has 130 valence electrons. The van der Waals surface area contributed by atoms with E-state index in [4.69, 9.17) is 0 Å². The first kappa shape index (κ1) is 16.7. The van der Waals surface area contributed by atoms with E-state index in [-0.39, 0.29) is 11.8 Å². The van der Waals surface area contributed by atoms with Gasteiger partial charge in [0.2, 0.25) is 5.91 Å². The number of nitrogens with one attached hydrogen (secondary N) is 2. The number of rotatable bonds is 5. The first-order chi connectivity index (χ1) is 11.6. The van der Waals surface area contributed by atoms with Crippen LogP contribution < -0.4 is 5.32 Å². The van der Waals surface area contributed by atoms with Crippen LogP contribution in [0, 0.1) is 13.8 Å². The van der Waals surface area contributed by atoms with Gasteiger partial charge in [-0.25, -0.2) is 4.68 Å². The second kappa shape index (κ2) is 7.20. The summed E-state index contributed by atoms with van der Waals surface area (Å²) >= 11 is 0. The number of H-pyrrole nitrogens is 1. The zero-order chi connectivity index (χ0) is 17.1. The molecule has 1 unspecified atom stereocenters. The third kappa shape index (κ3) is 3.52. The number of amides is 1. The number of nitrogens with zero attached hydrogens (tertiary/aromatic N) is 3. The van der Waals surface area contributed by atoms with E-state index >= 15 is 0 Å². The zero-order valence-electron chi connectivity index (χ0n) is 14.8. The van der Waals surface area contributed by atoms with Gasteiger partial charge in [-0.3, -0.25) is 9.89 Å². The largest absolute Gasteiger partial charge is 0.311 e. The van der Waals surface area contributed by atoms with Crippen LogP contribution in [0.25, 0.3) is 0 Å². The summed E-state index contributed by atoms with van der Waals surface area (Å²) in [6.07, 6.45) is 8.31. The molecule has 0 bridgehead atoms. The summed E-state index contributed by atoms with van der Waals surface area (Å²) in [6.45, 7) is 6.05. The molecule has 1 saturated carbocycles. The van der Waals surface area contributed by atoms with Crippen molar-refractivity contribution in [3.8, 4) is 0 Å². The Kier molecular flexibility index (Phi) is 5.02. The van der Waals surface area contributed by atoms with Gasteiger partial charge >= 0.3 is 0 Å². The molecule has 1 atom stereocenters. The number of aromatic nitrogens is 4. The Labute approximate surface area is 143 Å². The van der Waals surface area contributed by atoms with E-state index < -0.39 is 0 Å². The van der Waals surface area contributed by atoms with Crippen molar-refractivity contribution in [1.82, 2.24) is 20.0 Å². The Bertz CT molecular complexity index is 677. The average molecular weight is 329 g/mol. The van der Waals surface area contributed by atoms with Crippen molar-refractivity contribution in [2.24, 2.45) is 0 Å². The number of carbonyl (C=O) groups is 1. The zero-order valence-corrected chi connectivity index (χ0v) is 14.8. The molecule has 2 aromatic heterocycles. The maximum Gasteiger partial charge on any atom is 0.226 e. The van der Waals surface area contributed by atoms with Gasteiger partial charge in [0.25, 0.3) is 0 Å². The van der Waals surface area contributed by atoms with Crippen LogP contribution in [-0.2, 0) is 4.79 Å². The molecule has 1 aliphatic carbocycles. The molecular weight excluding hydrogens is 302 g/mol. The Balaban J connectivity index is 1.64. The molecule has 1 amide bonds. The van der Waals surface area contributed by atoms with Gasteiger partial charge in [0, 0.05) is 18.2 Å². The third-order valence-corrected chi connectivity index (χ3v) is 5.03. The van der Waals surface area contributed by atoms with E-state index in [1.54, 1.807) is 6.20 Å². The minimum absolute atomic E-state index is 0.0278. The molecule has 1 fully saturated rings. The van der Waals surface area contributed by atoms with E-state index in [9.17, 15) is 4.79 Å². The van der Waals surface area contributed by atoms with Crippen molar-refractivity contribution in [1.29, 1.82) is 0 Å². The van der Waals surface area contributed by atoms with Crippen molar-refractivity contribution in [2.45, 2.75) is 71.3 Å². The van der Waals surface area contributed by atoms with E-state index in [0.29, 0.717) is 12.5 Å². The number of carbonyl (C=O) groups excluding carboxylic acids is 1. The maximum absolute atomic E-state index is 12.5. The lowest BCUT2D eigenvalue weighted by molar-refractivity contribution is -0.116. The number of hydrogen-bond donors (Lipinski definition) is 2. The molecule has 2 heterocycles. The molecule has 6 nitrogen and oxygen atoms in total. The Morgan fingerprint density at radius 2 is 2.12 bits per heavy atom. The van der Waals surface area contributed by atoms with Gasteiger partial charge in [0.1, 0.15) is 5.82 Å². The highest BCUT2D eigenvalue weighted by atomic mass is 16.1. The van der Waals surface area contributed by atoms with E-state index in [1.807, 2.05) is 24.6 Å². The number of anilines is 1. The highest BCUT2D eigenvalue weighted by molar-refractivity contribution is 5.90. The number of aryl methyl sites for hydroxylation is 2. The van der Waals surface area contributed by atoms with E-state index in [1.165, 1.54) is 19.3 Å². The Hall–Kier alpha value is -2.11. The Morgan fingerprint density at radius 3 is 2.79 bits per heavy atom. The summed E-state index contributed by atoms with van der Waals surface area (Å²) in [4.78, 5) is 12.5. The molecule has 2 aromatic rings. The predicted molar refractivity (Wildman–Crippen MR) is 94.1 cm³/mol. The molecule has 1 aliphatic rings. The van der Waals surface area contributed by atoms with Gasteiger partial charge in [-0.1, -0.05) is 26.2 Å². The molecule has 0 radical (unpaired) electrons. The summed E-state index contributed by atoms with van der Waals surface area (Å²) in [7, 11) is 0. The van der Waals surface area contributed by atoms with Crippen molar-refractivity contribution < 1.29 is 4.79 Å². The first-order valence-corrected chi connectivity index (χ1v) is 8.91. The fourth-order valence-electron chi connectivity index (χ4n) is 3.89. The summed E-state index contributed by atoms with van der Waals surface area (Å²) in [5, 5.41) is 14.7. The second-order valence-corrected chi connectivity index (χ2v) is 6.95.